The lowest BCUT2D eigenvalue weighted by molar-refractivity contribution is -0.145. The average molecular weight is 411 g/mol. The van der Waals surface area contributed by atoms with Crippen molar-refractivity contribution in [3.63, 3.8) is 0 Å². The van der Waals surface area contributed by atoms with Crippen LogP contribution in [0.25, 0.3) is 0 Å². The maximum atomic E-state index is 12.4. The number of methoxy groups -OCH3 is 1. The van der Waals surface area contributed by atoms with Crippen LogP contribution in [0.3, 0.4) is 0 Å². The Morgan fingerprint density at radius 3 is 2.00 bits per heavy atom. The van der Waals surface area contributed by atoms with Crippen molar-refractivity contribution < 1.29 is 19.1 Å². The molecule has 2 N–H and O–H groups in total. The van der Waals surface area contributed by atoms with Crippen LogP contribution in [0.15, 0.2) is 48.5 Å². The number of esters is 1. The van der Waals surface area contributed by atoms with Gasteiger partial charge in [0.25, 0.3) is 0 Å². The first kappa shape index (κ1) is 23.1. The molecule has 30 heavy (non-hydrogen) atoms. The minimum Gasteiger partial charge on any atom is -0.467 e. The summed E-state index contributed by atoms with van der Waals surface area (Å²) >= 11 is 0. The lowest BCUT2D eigenvalue weighted by Gasteiger charge is -2.19. The van der Waals surface area contributed by atoms with Gasteiger partial charge in [0, 0.05) is 19.3 Å². The predicted octanol–water partition coefficient (Wildman–Crippen LogP) is 3.16. The molecule has 160 valence electrons. The van der Waals surface area contributed by atoms with Crippen molar-refractivity contribution >= 4 is 17.8 Å². The zero-order valence-corrected chi connectivity index (χ0v) is 18.0. The van der Waals surface area contributed by atoms with Gasteiger partial charge in [0.1, 0.15) is 6.04 Å². The van der Waals surface area contributed by atoms with Gasteiger partial charge in [0.05, 0.1) is 13.2 Å². The molecule has 2 amide bonds. The van der Waals surface area contributed by atoms with Crippen molar-refractivity contribution in [3.05, 3.63) is 70.8 Å². The van der Waals surface area contributed by atoms with Gasteiger partial charge in [0.2, 0.25) is 11.8 Å². The topological polar surface area (TPSA) is 84.5 Å². The van der Waals surface area contributed by atoms with Crippen LogP contribution in [0.4, 0.5) is 0 Å². The molecule has 2 atom stereocenters. The van der Waals surface area contributed by atoms with E-state index < -0.39 is 12.0 Å². The van der Waals surface area contributed by atoms with Gasteiger partial charge in [-0.25, -0.2) is 4.79 Å². The van der Waals surface area contributed by atoms with E-state index in [2.05, 4.69) is 10.6 Å². The second-order valence-corrected chi connectivity index (χ2v) is 7.42. The van der Waals surface area contributed by atoms with Crippen molar-refractivity contribution in [2.75, 3.05) is 7.11 Å². The second-order valence-electron chi connectivity index (χ2n) is 7.42. The molecule has 0 fully saturated rings. The molecule has 6 heteroatoms. The Morgan fingerprint density at radius 1 is 0.867 bits per heavy atom. The molecule has 0 spiro atoms. The number of hydrogen-bond acceptors (Lipinski definition) is 4. The van der Waals surface area contributed by atoms with Gasteiger partial charge in [-0.15, -0.1) is 0 Å². The van der Waals surface area contributed by atoms with E-state index in [-0.39, 0.29) is 30.7 Å². The molecular weight excluding hydrogens is 380 g/mol. The summed E-state index contributed by atoms with van der Waals surface area (Å²) in [5.41, 5.74) is 4.09. The van der Waals surface area contributed by atoms with Gasteiger partial charge in [-0.05, 0) is 43.0 Å². The van der Waals surface area contributed by atoms with Crippen LogP contribution in [-0.2, 0) is 25.5 Å². The summed E-state index contributed by atoms with van der Waals surface area (Å²) in [5, 5.41) is 5.60. The first-order chi connectivity index (χ1) is 14.3. The minimum absolute atomic E-state index is 0.00636. The summed E-state index contributed by atoms with van der Waals surface area (Å²) in [6, 6.07) is 14.6. The number of amides is 2. The average Bonchev–Trinajstić information content (AvgIpc) is 2.74. The maximum Gasteiger partial charge on any atom is 0.328 e. The van der Waals surface area contributed by atoms with Gasteiger partial charge < -0.3 is 15.4 Å². The Balaban J connectivity index is 1.91. The second kappa shape index (κ2) is 11.1. The third-order valence-electron chi connectivity index (χ3n) is 5.13. The number of carbonyl (C=O) groups is 3. The van der Waals surface area contributed by atoms with Crippen molar-refractivity contribution in [2.24, 2.45) is 0 Å². The van der Waals surface area contributed by atoms with E-state index in [4.69, 9.17) is 4.74 Å². The van der Waals surface area contributed by atoms with Crippen LogP contribution >= 0.6 is 0 Å². The maximum absolute atomic E-state index is 12.4. The molecule has 0 bridgehead atoms. The molecule has 2 aromatic rings. The van der Waals surface area contributed by atoms with Gasteiger partial charge in [-0.1, -0.05) is 48.5 Å². The SMILES string of the molecule is COC(=O)[C@@H](Cc1c(C)cccc1C)NC(=O)CCC(=O)N[C@H](C)c1ccccc1. The Morgan fingerprint density at radius 2 is 1.43 bits per heavy atom. The summed E-state index contributed by atoms with van der Waals surface area (Å²) in [5.74, 6) is -1.09. The highest BCUT2D eigenvalue weighted by Gasteiger charge is 2.23. The quantitative estimate of drug-likeness (QED) is 0.622. The largest absolute Gasteiger partial charge is 0.467 e. The first-order valence-corrected chi connectivity index (χ1v) is 10.1. The third kappa shape index (κ3) is 6.72. The standard InChI is InChI=1S/C24H30N2O4/c1-16-9-8-10-17(2)20(16)15-21(24(29)30-4)26-23(28)14-13-22(27)25-18(3)19-11-6-5-7-12-19/h5-12,18,21H,13-15H2,1-4H3,(H,25,27)(H,26,28)/t18-,21-/m1/s1. The van der Waals surface area contributed by atoms with Gasteiger partial charge in [0.15, 0.2) is 0 Å². The summed E-state index contributed by atoms with van der Waals surface area (Å²) in [6.07, 6.45) is 0.377. The van der Waals surface area contributed by atoms with Crippen molar-refractivity contribution in [1.82, 2.24) is 10.6 Å². The summed E-state index contributed by atoms with van der Waals surface area (Å²) < 4.78 is 4.86. The first-order valence-electron chi connectivity index (χ1n) is 10.1. The smallest absolute Gasteiger partial charge is 0.328 e. The fourth-order valence-electron chi connectivity index (χ4n) is 3.34. The summed E-state index contributed by atoms with van der Waals surface area (Å²) in [4.78, 5) is 36.8. The van der Waals surface area contributed by atoms with E-state index in [9.17, 15) is 14.4 Å². The number of carbonyl (C=O) groups excluding carboxylic acids is 3. The van der Waals surface area contributed by atoms with Crippen LogP contribution in [-0.4, -0.2) is 30.9 Å². The van der Waals surface area contributed by atoms with E-state index in [1.54, 1.807) is 0 Å². The zero-order valence-electron chi connectivity index (χ0n) is 18.0. The highest BCUT2D eigenvalue weighted by Crippen LogP contribution is 2.16. The Hall–Kier alpha value is -3.15. The number of hydrogen-bond donors (Lipinski definition) is 2. The molecule has 0 aliphatic rings. The van der Waals surface area contributed by atoms with Crippen molar-refractivity contribution in [3.8, 4) is 0 Å². The van der Waals surface area contributed by atoms with E-state index >= 15 is 0 Å². The molecule has 0 saturated carbocycles. The lowest BCUT2D eigenvalue weighted by Crippen LogP contribution is -2.43. The third-order valence-corrected chi connectivity index (χ3v) is 5.13. The van der Waals surface area contributed by atoms with Crippen LogP contribution in [0.1, 0.15) is 48.1 Å². The van der Waals surface area contributed by atoms with Gasteiger partial charge in [-0.2, -0.15) is 0 Å². The number of rotatable bonds is 9. The molecule has 0 heterocycles. The van der Waals surface area contributed by atoms with E-state index in [1.165, 1.54) is 7.11 Å². The zero-order chi connectivity index (χ0) is 22.1. The van der Waals surface area contributed by atoms with E-state index in [1.807, 2.05) is 69.3 Å². The minimum atomic E-state index is -0.798. The van der Waals surface area contributed by atoms with E-state index in [0.717, 1.165) is 22.3 Å². The fraction of sp³-hybridized carbons (Fsp3) is 0.375. The summed E-state index contributed by atoms with van der Waals surface area (Å²) in [7, 11) is 1.30. The van der Waals surface area contributed by atoms with Crippen LogP contribution in [0.2, 0.25) is 0 Å². The molecule has 0 saturated heterocycles. The highest BCUT2D eigenvalue weighted by atomic mass is 16.5. The summed E-state index contributed by atoms with van der Waals surface area (Å²) in [6.45, 7) is 5.83. The monoisotopic (exact) mass is 410 g/mol. The molecule has 0 aliphatic carbocycles. The fourth-order valence-corrected chi connectivity index (χ4v) is 3.34. The molecule has 0 unspecified atom stereocenters. The molecular formula is C24H30N2O4. The Kier molecular flexibility index (Phi) is 8.59. The predicted molar refractivity (Wildman–Crippen MR) is 116 cm³/mol. The Labute approximate surface area is 178 Å². The van der Waals surface area contributed by atoms with E-state index in [0.29, 0.717) is 6.42 Å². The molecule has 6 nitrogen and oxygen atoms in total. The number of ether oxygens (including phenoxy) is 1. The normalized spacial score (nSPS) is 12.5. The number of nitrogens with one attached hydrogen (secondary N) is 2. The number of benzene rings is 2. The van der Waals surface area contributed by atoms with Crippen LogP contribution in [0.5, 0.6) is 0 Å². The molecule has 0 aliphatic heterocycles. The van der Waals surface area contributed by atoms with Crippen LogP contribution < -0.4 is 10.6 Å². The molecule has 2 rings (SSSR count). The number of aryl methyl sites for hydroxylation is 2. The molecule has 0 aromatic heterocycles. The highest BCUT2D eigenvalue weighted by molar-refractivity contribution is 5.87. The Bertz CT molecular complexity index is 860. The van der Waals surface area contributed by atoms with Gasteiger partial charge in [-0.3, -0.25) is 9.59 Å². The van der Waals surface area contributed by atoms with Crippen LogP contribution in [0, 0.1) is 13.8 Å². The van der Waals surface area contributed by atoms with Crippen molar-refractivity contribution in [1.29, 1.82) is 0 Å². The van der Waals surface area contributed by atoms with Crippen molar-refractivity contribution in [2.45, 2.75) is 52.1 Å². The molecule has 0 radical (unpaired) electrons. The lowest BCUT2D eigenvalue weighted by atomic mass is 9.96. The molecule has 2 aromatic carbocycles. The van der Waals surface area contributed by atoms with Gasteiger partial charge >= 0.3 is 5.97 Å².